The normalized spacial score (nSPS) is 24.4. The van der Waals surface area contributed by atoms with E-state index in [0.717, 1.165) is 25.6 Å². The van der Waals surface area contributed by atoms with E-state index in [1.807, 2.05) is 25.7 Å². The second kappa shape index (κ2) is 4.41. The summed E-state index contributed by atoms with van der Waals surface area (Å²) in [7, 11) is 0. The van der Waals surface area contributed by atoms with Gasteiger partial charge in [0, 0.05) is 18.5 Å². The molecule has 18 heavy (non-hydrogen) atoms. The van der Waals surface area contributed by atoms with Crippen molar-refractivity contribution in [1.82, 2.24) is 4.90 Å². The molecule has 1 unspecified atom stereocenters. The van der Waals surface area contributed by atoms with Gasteiger partial charge in [-0.3, -0.25) is 0 Å². The van der Waals surface area contributed by atoms with Gasteiger partial charge in [-0.05, 0) is 52.0 Å². The van der Waals surface area contributed by atoms with Gasteiger partial charge in [-0.25, -0.2) is 4.79 Å². The third kappa shape index (κ3) is 2.63. The van der Waals surface area contributed by atoms with E-state index in [-0.39, 0.29) is 6.09 Å². The summed E-state index contributed by atoms with van der Waals surface area (Å²) in [5, 5.41) is 0. The maximum absolute atomic E-state index is 11.8. The molecule has 0 aromatic carbocycles. The monoisotopic (exact) mass is 254 g/mol. The number of rotatable bonds is 2. The molecular formula is C14H26N2O2. The number of likely N-dealkylation sites (tertiary alicyclic amines) is 1. The topological polar surface area (TPSA) is 55.6 Å². The average Bonchev–Trinajstić information content (AvgIpc) is 2.09. The summed E-state index contributed by atoms with van der Waals surface area (Å²) < 4.78 is 5.37. The van der Waals surface area contributed by atoms with E-state index < -0.39 is 5.60 Å². The molecule has 2 fully saturated rings. The molecule has 1 amide bonds. The third-order valence-electron chi connectivity index (χ3n) is 4.27. The largest absolute Gasteiger partial charge is 0.444 e. The maximum atomic E-state index is 11.8. The minimum atomic E-state index is -0.393. The number of carbonyl (C=O) groups is 1. The van der Waals surface area contributed by atoms with Crippen molar-refractivity contribution in [3.05, 3.63) is 0 Å². The summed E-state index contributed by atoms with van der Waals surface area (Å²) in [4.78, 5) is 13.7. The van der Waals surface area contributed by atoms with Crippen LogP contribution in [-0.4, -0.2) is 36.2 Å². The Hall–Kier alpha value is -0.770. The van der Waals surface area contributed by atoms with Crippen LogP contribution in [0.1, 0.15) is 40.5 Å². The Labute approximate surface area is 110 Å². The fourth-order valence-corrected chi connectivity index (χ4v) is 3.12. The van der Waals surface area contributed by atoms with Crippen LogP contribution in [-0.2, 0) is 4.74 Å². The van der Waals surface area contributed by atoms with Crippen molar-refractivity contribution in [2.45, 2.75) is 46.1 Å². The molecule has 1 saturated heterocycles. The first-order valence-corrected chi connectivity index (χ1v) is 6.93. The Balaban J connectivity index is 1.74. The fourth-order valence-electron chi connectivity index (χ4n) is 3.12. The Bertz CT molecular complexity index is 321. The van der Waals surface area contributed by atoms with Crippen molar-refractivity contribution in [1.29, 1.82) is 0 Å². The van der Waals surface area contributed by atoms with Crippen LogP contribution >= 0.6 is 0 Å². The lowest BCUT2D eigenvalue weighted by atomic mass is 9.55. The van der Waals surface area contributed by atoms with Gasteiger partial charge in [0.05, 0.1) is 0 Å². The van der Waals surface area contributed by atoms with Crippen LogP contribution in [0.3, 0.4) is 0 Å². The van der Waals surface area contributed by atoms with Crippen molar-refractivity contribution in [3.63, 3.8) is 0 Å². The van der Waals surface area contributed by atoms with Crippen LogP contribution in [0.5, 0.6) is 0 Å². The highest BCUT2D eigenvalue weighted by Crippen LogP contribution is 2.54. The predicted molar refractivity (Wildman–Crippen MR) is 71.2 cm³/mol. The average molecular weight is 254 g/mol. The molecule has 1 saturated carbocycles. The molecule has 0 bridgehead atoms. The molecule has 4 heteroatoms. The van der Waals surface area contributed by atoms with E-state index in [1.54, 1.807) is 0 Å². The number of amides is 1. The second-order valence-corrected chi connectivity index (χ2v) is 7.22. The Morgan fingerprint density at radius 3 is 2.44 bits per heavy atom. The molecule has 2 rings (SSSR count). The third-order valence-corrected chi connectivity index (χ3v) is 4.27. The summed E-state index contributed by atoms with van der Waals surface area (Å²) in [6, 6.07) is 0. The first-order chi connectivity index (χ1) is 8.25. The van der Waals surface area contributed by atoms with Gasteiger partial charge in [0.2, 0.25) is 0 Å². The van der Waals surface area contributed by atoms with Gasteiger partial charge in [-0.1, -0.05) is 6.92 Å². The number of nitrogens with two attached hydrogens (primary N) is 1. The van der Waals surface area contributed by atoms with Gasteiger partial charge in [0.25, 0.3) is 0 Å². The van der Waals surface area contributed by atoms with Crippen molar-refractivity contribution in [2.24, 2.45) is 23.0 Å². The summed E-state index contributed by atoms with van der Waals surface area (Å²) in [5.74, 6) is 1.38. The van der Waals surface area contributed by atoms with Crippen LogP contribution in [0.25, 0.3) is 0 Å². The van der Waals surface area contributed by atoms with Crippen molar-refractivity contribution in [2.75, 3.05) is 19.6 Å². The highest BCUT2D eigenvalue weighted by atomic mass is 16.6. The SMILES string of the molecule is CC(CN)C1CC2(C1)CN(C(=O)OC(C)(C)C)C2. The van der Waals surface area contributed by atoms with Gasteiger partial charge in [-0.15, -0.1) is 0 Å². The molecule has 1 aliphatic heterocycles. The molecule has 2 N–H and O–H groups in total. The zero-order valence-electron chi connectivity index (χ0n) is 12.0. The predicted octanol–water partition coefficient (Wildman–Crippen LogP) is 2.23. The van der Waals surface area contributed by atoms with Gasteiger partial charge in [-0.2, -0.15) is 0 Å². The first-order valence-electron chi connectivity index (χ1n) is 6.93. The molecule has 1 aliphatic carbocycles. The molecule has 4 nitrogen and oxygen atoms in total. The lowest BCUT2D eigenvalue weighted by Crippen LogP contribution is -2.65. The second-order valence-electron chi connectivity index (χ2n) is 7.22. The highest BCUT2D eigenvalue weighted by molar-refractivity contribution is 5.69. The van der Waals surface area contributed by atoms with Crippen LogP contribution in [0.15, 0.2) is 0 Å². The molecule has 1 atom stereocenters. The van der Waals surface area contributed by atoms with E-state index in [1.165, 1.54) is 12.8 Å². The van der Waals surface area contributed by atoms with Gasteiger partial charge < -0.3 is 15.4 Å². The molecule has 1 spiro atoms. The number of nitrogens with zero attached hydrogens (tertiary/aromatic N) is 1. The number of ether oxygens (including phenoxy) is 1. The van der Waals surface area contributed by atoms with Crippen LogP contribution < -0.4 is 5.73 Å². The molecule has 0 aromatic rings. The first kappa shape index (κ1) is 13.7. The molecule has 0 radical (unpaired) electrons. The van der Waals surface area contributed by atoms with Crippen LogP contribution in [0.2, 0.25) is 0 Å². The van der Waals surface area contributed by atoms with E-state index in [9.17, 15) is 4.79 Å². The molecular weight excluding hydrogens is 228 g/mol. The zero-order valence-corrected chi connectivity index (χ0v) is 12.0. The van der Waals surface area contributed by atoms with Crippen molar-refractivity contribution < 1.29 is 9.53 Å². The van der Waals surface area contributed by atoms with E-state index in [0.29, 0.717) is 11.3 Å². The van der Waals surface area contributed by atoms with Gasteiger partial charge in [0.1, 0.15) is 5.60 Å². The molecule has 104 valence electrons. The van der Waals surface area contributed by atoms with Gasteiger partial charge in [0.15, 0.2) is 0 Å². The van der Waals surface area contributed by atoms with Crippen molar-refractivity contribution in [3.8, 4) is 0 Å². The maximum Gasteiger partial charge on any atom is 0.410 e. The van der Waals surface area contributed by atoms with Gasteiger partial charge >= 0.3 is 6.09 Å². The summed E-state index contributed by atoms with van der Waals surface area (Å²) in [6.07, 6.45) is 2.29. The van der Waals surface area contributed by atoms with E-state index in [4.69, 9.17) is 10.5 Å². The van der Waals surface area contributed by atoms with Crippen LogP contribution in [0.4, 0.5) is 4.79 Å². The Morgan fingerprint density at radius 2 is 2.00 bits per heavy atom. The molecule has 2 aliphatic rings. The quantitative estimate of drug-likeness (QED) is 0.822. The number of carbonyl (C=O) groups excluding carboxylic acids is 1. The lowest BCUT2D eigenvalue weighted by molar-refractivity contribution is -0.105. The van der Waals surface area contributed by atoms with Crippen LogP contribution in [0, 0.1) is 17.3 Å². The standard InChI is InChI=1S/C14H26N2O2/c1-10(7-15)11-5-14(6-11)8-16(9-14)12(17)18-13(2,3)4/h10-11H,5-9,15H2,1-4H3. The highest BCUT2D eigenvalue weighted by Gasteiger charge is 2.54. The Kier molecular flexibility index (Phi) is 3.34. The smallest absolute Gasteiger partial charge is 0.410 e. The zero-order chi connectivity index (χ0) is 13.6. The fraction of sp³-hybridized carbons (Fsp3) is 0.929. The Morgan fingerprint density at radius 1 is 1.44 bits per heavy atom. The molecule has 0 aromatic heterocycles. The van der Waals surface area contributed by atoms with Crippen molar-refractivity contribution >= 4 is 6.09 Å². The van der Waals surface area contributed by atoms with E-state index >= 15 is 0 Å². The van der Waals surface area contributed by atoms with E-state index in [2.05, 4.69) is 6.92 Å². The summed E-state index contributed by atoms with van der Waals surface area (Å²) in [5.41, 5.74) is 5.69. The minimum Gasteiger partial charge on any atom is -0.444 e. The minimum absolute atomic E-state index is 0.163. The number of hydrogen-bond donors (Lipinski definition) is 1. The molecule has 1 heterocycles. The number of hydrogen-bond acceptors (Lipinski definition) is 3. The lowest BCUT2D eigenvalue weighted by Gasteiger charge is -2.60. The summed E-state index contributed by atoms with van der Waals surface area (Å²) >= 11 is 0. The summed E-state index contributed by atoms with van der Waals surface area (Å²) in [6.45, 7) is 10.5.